The van der Waals surface area contributed by atoms with Gasteiger partial charge in [0, 0.05) is 12.5 Å². The van der Waals surface area contributed by atoms with E-state index in [0.717, 1.165) is 30.7 Å². The minimum Gasteiger partial charge on any atom is -0.340 e. The van der Waals surface area contributed by atoms with Crippen LogP contribution in [0.25, 0.3) is 10.2 Å². The number of hydrogen-bond donors (Lipinski definition) is 2. The molecule has 6 heteroatoms. The number of aromatic amines is 1. The molecule has 0 unspecified atom stereocenters. The molecule has 0 aliphatic rings. The summed E-state index contributed by atoms with van der Waals surface area (Å²) in [5.41, 5.74) is 0.363. The zero-order valence-electron chi connectivity index (χ0n) is 10.4. The number of thiazole rings is 1. The summed E-state index contributed by atoms with van der Waals surface area (Å²) in [7, 11) is 4.20. The molecule has 18 heavy (non-hydrogen) atoms. The van der Waals surface area contributed by atoms with E-state index >= 15 is 0 Å². The van der Waals surface area contributed by atoms with E-state index in [2.05, 4.69) is 24.4 Å². The lowest BCUT2D eigenvalue weighted by Gasteiger charge is -2.04. The number of hydrogen-bond acceptors (Lipinski definition) is 2. The Balaban J connectivity index is 2.04. The van der Waals surface area contributed by atoms with E-state index in [0.29, 0.717) is 10.2 Å². The third kappa shape index (κ3) is 3.14. The van der Waals surface area contributed by atoms with Crippen molar-refractivity contribution in [2.45, 2.75) is 6.42 Å². The maximum atomic E-state index is 13.5. The first-order valence-electron chi connectivity index (χ1n) is 5.90. The third-order valence-corrected chi connectivity index (χ3v) is 3.60. The Hall–Kier alpha value is -1.27. The summed E-state index contributed by atoms with van der Waals surface area (Å²) >= 11 is 1.33. The van der Waals surface area contributed by atoms with E-state index in [9.17, 15) is 8.78 Å². The maximum Gasteiger partial charge on any atom is 0.332 e. The molecule has 0 saturated heterocycles. The molecule has 0 radical (unpaired) electrons. The van der Waals surface area contributed by atoms with Gasteiger partial charge >= 0.3 is 5.13 Å². The van der Waals surface area contributed by atoms with E-state index in [4.69, 9.17) is 0 Å². The third-order valence-electron chi connectivity index (χ3n) is 2.61. The molecule has 2 rings (SSSR count). The van der Waals surface area contributed by atoms with Crippen molar-refractivity contribution in [2.75, 3.05) is 32.5 Å². The highest BCUT2D eigenvalue weighted by Crippen LogP contribution is 2.24. The maximum absolute atomic E-state index is 13.5. The van der Waals surface area contributed by atoms with Crippen LogP contribution in [0.4, 0.5) is 13.9 Å². The van der Waals surface area contributed by atoms with Gasteiger partial charge in [-0.05, 0) is 17.4 Å². The molecule has 3 N–H and O–H groups in total. The molecular formula is C12H17F2N3S+2. The van der Waals surface area contributed by atoms with Crippen molar-refractivity contribution in [2.24, 2.45) is 0 Å². The number of H-pyrrole nitrogens is 1. The van der Waals surface area contributed by atoms with Crippen molar-refractivity contribution in [1.29, 1.82) is 0 Å². The molecule has 1 heterocycles. The normalized spacial score (nSPS) is 11.4. The molecule has 0 atom stereocenters. The Morgan fingerprint density at radius 1 is 1.33 bits per heavy atom. The van der Waals surface area contributed by atoms with E-state index in [1.54, 1.807) is 0 Å². The highest BCUT2D eigenvalue weighted by molar-refractivity contribution is 7.21. The predicted molar refractivity (Wildman–Crippen MR) is 69.1 cm³/mol. The number of rotatable bonds is 5. The van der Waals surface area contributed by atoms with E-state index < -0.39 is 11.6 Å². The monoisotopic (exact) mass is 273 g/mol. The van der Waals surface area contributed by atoms with Gasteiger partial charge in [-0.15, -0.1) is 0 Å². The second-order valence-corrected chi connectivity index (χ2v) is 5.61. The number of benzene rings is 1. The lowest BCUT2D eigenvalue weighted by atomic mass is 10.3. The average molecular weight is 273 g/mol. The highest BCUT2D eigenvalue weighted by atomic mass is 32.1. The van der Waals surface area contributed by atoms with Crippen LogP contribution in [0.2, 0.25) is 0 Å². The summed E-state index contributed by atoms with van der Waals surface area (Å²) in [4.78, 5) is 4.33. The van der Waals surface area contributed by atoms with Crippen molar-refractivity contribution in [3.8, 4) is 0 Å². The smallest absolute Gasteiger partial charge is 0.332 e. The molecule has 98 valence electrons. The summed E-state index contributed by atoms with van der Waals surface area (Å²) in [5, 5.41) is 3.96. The van der Waals surface area contributed by atoms with Crippen LogP contribution in [0.15, 0.2) is 12.1 Å². The Bertz CT molecular complexity index is 539. The first-order valence-corrected chi connectivity index (χ1v) is 6.71. The van der Waals surface area contributed by atoms with Crippen molar-refractivity contribution >= 4 is 26.7 Å². The zero-order chi connectivity index (χ0) is 13.1. The number of anilines is 1. The first kappa shape index (κ1) is 13.2. The molecule has 1 aromatic carbocycles. The quantitative estimate of drug-likeness (QED) is 0.781. The minimum atomic E-state index is -0.549. The van der Waals surface area contributed by atoms with Crippen molar-refractivity contribution < 1.29 is 18.7 Å². The second-order valence-electron chi connectivity index (χ2n) is 4.55. The molecule has 0 spiro atoms. The van der Waals surface area contributed by atoms with Gasteiger partial charge in [-0.2, -0.15) is 0 Å². The second kappa shape index (κ2) is 5.58. The van der Waals surface area contributed by atoms with Gasteiger partial charge in [0.15, 0.2) is 11.3 Å². The van der Waals surface area contributed by atoms with E-state index in [1.165, 1.54) is 22.3 Å². The number of fused-ring (bicyclic) bond motifs is 1. The van der Waals surface area contributed by atoms with Crippen molar-refractivity contribution in [3.05, 3.63) is 23.8 Å². The summed E-state index contributed by atoms with van der Waals surface area (Å²) in [6.45, 7) is 1.89. The van der Waals surface area contributed by atoms with Crippen LogP contribution in [-0.2, 0) is 0 Å². The number of nitrogens with one attached hydrogen (secondary N) is 3. The minimum absolute atomic E-state index is 0.363. The fourth-order valence-corrected chi connectivity index (χ4v) is 2.69. The van der Waals surface area contributed by atoms with Crippen LogP contribution < -0.4 is 15.2 Å². The molecule has 0 amide bonds. The van der Waals surface area contributed by atoms with Gasteiger partial charge in [-0.25, -0.2) is 13.8 Å². The summed E-state index contributed by atoms with van der Waals surface area (Å²) in [6, 6.07) is 2.24. The lowest BCUT2D eigenvalue weighted by Crippen LogP contribution is -3.05. The molecule has 0 saturated carbocycles. The summed E-state index contributed by atoms with van der Waals surface area (Å²) in [6.07, 6.45) is 1.03. The van der Waals surface area contributed by atoms with Gasteiger partial charge < -0.3 is 4.90 Å². The largest absolute Gasteiger partial charge is 0.340 e. The molecule has 0 fully saturated rings. The van der Waals surface area contributed by atoms with Crippen LogP contribution in [0.3, 0.4) is 0 Å². The van der Waals surface area contributed by atoms with Crippen LogP contribution in [0.1, 0.15) is 6.42 Å². The molecule has 1 aromatic heterocycles. The van der Waals surface area contributed by atoms with Crippen molar-refractivity contribution in [3.63, 3.8) is 0 Å². The van der Waals surface area contributed by atoms with Crippen LogP contribution in [0, 0.1) is 11.6 Å². The Morgan fingerprint density at radius 2 is 2.11 bits per heavy atom. The zero-order valence-corrected chi connectivity index (χ0v) is 11.3. The standard InChI is InChI=1S/C12H15F2N3S/c1-17(2)5-3-4-15-12-16-11-9(14)6-8(13)7-10(11)18-12/h6-7H,3-5H2,1-2H3,(H,15,16)/p+2. The van der Waals surface area contributed by atoms with Crippen LogP contribution in [-0.4, -0.2) is 27.2 Å². The van der Waals surface area contributed by atoms with E-state index in [1.807, 2.05) is 0 Å². The molecule has 0 aliphatic heterocycles. The van der Waals surface area contributed by atoms with Crippen LogP contribution in [0.5, 0.6) is 0 Å². The van der Waals surface area contributed by atoms with Gasteiger partial charge in [0.25, 0.3) is 0 Å². The fraction of sp³-hybridized carbons (Fsp3) is 0.417. The van der Waals surface area contributed by atoms with Gasteiger partial charge in [-0.1, -0.05) is 0 Å². The fourth-order valence-electron chi connectivity index (χ4n) is 1.72. The van der Waals surface area contributed by atoms with Gasteiger partial charge in [0.2, 0.25) is 0 Å². The lowest BCUT2D eigenvalue weighted by molar-refractivity contribution is -0.858. The van der Waals surface area contributed by atoms with Gasteiger partial charge in [0.1, 0.15) is 5.82 Å². The molecule has 3 nitrogen and oxygen atoms in total. The molecule has 0 bridgehead atoms. The van der Waals surface area contributed by atoms with Gasteiger partial charge in [-0.3, -0.25) is 5.32 Å². The van der Waals surface area contributed by atoms with Crippen LogP contribution >= 0.6 is 11.3 Å². The molecule has 2 aromatic rings. The highest BCUT2D eigenvalue weighted by Gasteiger charge is 2.14. The molecular weight excluding hydrogens is 256 g/mol. The Labute approximate surface area is 108 Å². The first-order chi connectivity index (χ1) is 8.56. The Morgan fingerprint density at radius 3 is 2.83 bits per heavy atom. The Kier molecular flexibility index (Phi) is 4.08. The summed E-state index contributed by atoms with van der Waals surface area (Å²) in [5.74, 6) is -1.09. The molecule has 0 aliphatic carbocycles. The van der Waals surface area contributed by atoms with Gasteiger partial charge in [0.05, 0.1) is 31.9 Å². The van der Waals surface area contributed by atoms with E-state index in [-0.39, 0.29) is 0 Å². The SMILES string of the molecule is C[NH+](C)CCCNc1[nH+]c2c(F)cc(F)cc2s1. The number of halogens is 2. The topological polar surface area (TPSA) is 30.6 Å². The number of aromatic nitrogens is 1. The van der Waals surface area contributed by atoms with Crippen molar-refractivity contribution in [1.82, 2.24) is 0 Å². The number of quaternary nitrogens is 1. The predicted octanol–water partition coefficient (Wildman–Crippen LogP) is 0.940. The average Bonchev–Trinajstić information content (AvgIpc) is 2.67. The summed E-state index contributed by atoms with van der Waals surface area (Å²) < 4.78 is 27.1.